The third-order valence-corrected chi connectivity index (χ3v) is 3.13. The van der Waals surface area contributed by atoms with E-state index in [2.05, 4.69) is 27.2 Å². The number of nitrogens with one attached hydrogen (secondary N) is 2. The van der Waals surface area contributed by atoms with Gasteiger partial charge in [0.25, 0.3) is 0 Å². The van der Waals surface area contributed by atoms with Gasteiger partial charge in [-0.25, -0.2) is 9.97 Å². The Labute approximate surface area is 127 Å². The van der Waals surface area contributed by atoms with E-state index in [-0.39, 0.29) is 5.91 Å². The highest BCUT2D eigenvalue weighted by Crippen LogP contribution is 2.25. The van der Waals surface area contributed by atoms with Crippen LogP contribution >= 0.6 is 0 Å². The molecule has 0 unspecified atom stereocenters. The summed E-state index contributed by atoms with van der Waals surface area (Å²) in [6, 6.07) is 15.3. The molecule has 1 amide bonds. The van der Waals surface area contributed by atoms with Crippen LogP contribution in [0.4, 0.5) is 17.2 Å². The largest absolute Gasteiger partial charge is 0.340 e. The van der Waals surface area contributed by atoms with Gasteiger partial charge in [-0.1, -0.05) is 24.8 Å². The minimum absolute atomic E-state index is 0.254. The van der Waals surface area contributed by atoms with Crippen LogP contribution in [0.1, 0.15) is 0 Å². The summed E-state index contributed by atoms with van der Waals surface area (Å²) in [5.41, 5.74) is 2.36. The van der Waals surface area contributed by atoms with Gasteiger partial charge in [0.1, 0.15) is 12.1 Å². The highest BCUT2D eigenvalue weighted by Gasteiger charge is 2.06. The van der Waals surface area contributed by atoms with Crippen LogP contribution in [-0.2, 0) is 4.79 Å². The number of aromatic nitrogens is 2. The fourth-order valence-electron chi connectivity index (χ4n) is 2.09. The second-order valence-corrected chi connectivity index (χ2v) is 4.64. The van der Waals surface area contributed by atoms with Gasteiger partial charge in [-0.15, -0.1) is 0 Å². The Morgan fingerprint density at radius 3 is 2.64 bits per heavy atom. The van der Waals surface area contributed by atoms with E-state index < -0.39 is 0 Å². The van der Waals surface area contributed by atoms with Crippen molar-refractivity contribution in [1.82, 2.24) is 9.97 Å². The topological polar surface area (TPSA) is 66.9 Å². The lowest BCUT2D eigenvalue weighted by molar-refractivity contribution is -0.111. The average Bonchev–Trinajstić information content (AvgIpc) is 2.56. The first-order chi connectivity index (χ1) is 10.8. The highest BCUT2D eigenvalue weighted by molar-refractivity contribution is 6.01. The SMILES string of the molecule is C=CC(=O)Nc1ccc2c(Nc3ccccc3)ncnc2c1. The van der Waals surface area contributed by atoms with Gasteiger partial charge in [-0.05, 0) is 36.4 Å². The van der Waals surface area contributed by atoms with Crippen molar-refractivity contribution in [1.29, 1.82) is 0 Å². The van der Waals surface area contributed by atoms with E-state index in [4.69, 9.17) is 0 Å². The Morgan fingerprint density at radius 2 is 1.86 bits per heavy atom. The Bertz CT molecular complexity index is 830. The number of rotatable bonds is 4. The molecule has 0 fully saturated rings. The summed E-state index contributed by atoms with van der Waals surface area (Å²) in [7, 11) is 0. The minimum Gasteiger partial charge on any atom is -0.340 e. The van der Waals surface area contributed by atoms with Crippen LogP contribution in [0, 0.1) is 0 Å². The molecule has 2 aromatic carbocycles. The molecule has 0 aliphatic heterocycles. The van der Waals surface area contributed by atoms with E-state index in [0.29, 0.717) is 5.69 Å². The number of amides is 1. The van der Waals surface area contributed by atoms with Gasteiger partial charge in [0.05, 0.1) is 5.52 Å². The maximum atomic E-state index is 11.4. The summed E-state index contributed by atoms with van der Waals surface area (Å²) in [5.74, 6) is 0.467. The quantitative estimate of drug-likeness (QED) is 0.722. The molecule has 1 aromatic heterocycles. The van der Waals surface area contributed by atoms with Crippen molar-refractivity contribution in [3.05, 3.63) is 67.5 Å². The number of hydrogen-bond donors (Lipinski definition) is 2. The molecule has 3 aromatic rings. The van der Waals surface area contributed by atoms with Crippen LogP contribution in [0.3, 0.4) is 0 Å². The zero-order valence-electron chi connectivity index (χ0n) is 11.8. The molecule has 2 N–H and O–H groups in total. The van der Waals surface area contributed by atoms with Crippen LogP contribution in [0.25, 0.3) is 10.9 Å². The number of fused-ring (bicyclic) bond motifs is 1. The van der Waals surface area contributed by atoms with Crippen LogP contribution in [0.2, 0.25) is 0 Å². The van der Waals surface area contributed by atoms with Crippen molar-refractivity contribution >= 4 is 34.0 Å². The molecule has 22 heavy (non-hydrogen) atoms. The predicted octanol–water partition coefficient (Wildman–Crippen LogP) is 3.50. The molecule has 0 saturated heterocycles. The first kappa shape index (κ1) is 13.8. The molecule has 1 heterocycles. The number of carbonyl (C=O) groups excluding carboxylic acids is 1. The monoisotopic (exact) mass is 290 g/mol. The van der Waals surface area contributed by atoms with Crippen molar-refractivity contribution in [3.8, 4) is 0 Å². The molecule has 0 bridgehead atoms. The second kappa shape index (κ2) is 6.05. The molecule has 5 nitrogen and oxygen atoms in total. The fourth-order valence-corrected chi connectivity index (χ4v) is 2.09. The van der Waals surface area contributed by atoms with Crippen LogP contribution in [0.15, 0.2) is 67.5 Å². The zero-order valence-corrected chi connectivity index (χ0v) is 11.8. The third-order valence-electron chi connectivity index (χ3n) is 3.13. The number of carbonyl (C=O) groups is 1. The third kappa shape index (κ3) is 2.93. The molecule has 0 radical (unpaired) electrons. The van der Waals surface area contributed by atoms with E-state index in [1.54, 1.807) is 6.07 Å². The molecule has 5 heteroatoms. The Kier molecular flexibility index (Phi) is 3.78. The van der Waals surface area contributed by atoms with Crippen molar-refractivity contribution in [3.63, 3.8) is 0 Å². The molecule has 0 aliphatic carbocycles. The first-order valence-electron chi connectivity index (χ1n) is 6.76. The van der Waals surface area contributed by atoms with Gasteiger partial charge < -0.3 is 10.6 Å². The van der Waals surface area contributed by atoms with Crippen molar-refractivity contribution in [2.45, 2.75) is 0 Å². The van der Waals surface area contributed by atoms with Gasteiger partial charge in [0.15, 0.2) is 0 Å². The minimum atomic E-state index is -0.254. The molecule has 0 atom stereocenters. The summed E-state index contributed by atoms with van der Waals surface area (Å²) in [4.78, 5) is 19.9. The standard InChI is InChI=1S/C17H14N4O/c1-2-16(22)20-13-8-9-14-15(10-13)18-11-19-17(14)21-12-6-4-3-5-7-12/h2-11H,1H2,(H,20,22)(H,18,19,21). The van der Waals surface area contributed by atoms with Gasteiger partial charge in [-0.2, -0.15) is 0 Å². The van der Waals surface area contributed by atoms with E-state index in [0.717, 1.165) is 22.4 Å². The predicted molar refractivity (Wildman–Crippen MR) is 88.1 cm³/mol. The van der Waals surface area contributed by atoms with E-state index in [9.17, 15) is 4.79 Å². The number of hydrogen-bond acceptors (Lipinski definition) is 4. The number of nitrogens with zero attached hydrogens (tertiary/aromatic N) is 2. The maximum Gasteiger partial charge on any atom is 0.247 e. The smallest absolute Gasteiger partial charge is 0.247 e. The summed E-state index contributed by atoms with van der Waals surface area (Å²) >= 11 is 0. The molecule has 108 valence electrons. The Hall–Kier alpha value is -3.21. The first-order valence-corrected chi connectivity index (χ1v) is 6.76. The van der Waals surface area contributed by atoms with Gasteiger partial charge in [0, 0.05) is 16.8 Å². The molecule has 3 rings (SSSR count). The lowest BCUT2D eigenvalue weighted by Crippen LogP contribution is -2.07. The average molecular weight is 290 g/mol. The van der Waals surface area contributed by atoms with Crippen LogP contribution in [0.5, 0.6) is 0 Å². The summed E-state index contributed by atoms with van der Waals surface area (Å²) < 4.78 is 0. The van der Waals surface area contributed by atoms with Gasteiger partial charge in [0.2, 0.25) is 5.91 Å². The lowest BCUT2D eigenvalue weighted by Gasteiger charge is -2.09. The molecule has 0 saturated carbocycles. The summed E-state index contributed by atoms with van der Waals surface area (Å²) in [5, 5.41) is 6.86. The van der Waals surface area contributed by atoms with E-state index in [1.807, 2.05) is 42.5 Å². The molecular formula is C17H14N4O. The lowest BCUT2D eigenvalue weighted by atomic mass is 10.2. The van der Waals surface area contributed by atoms with Gasteiger partial charge >= 0.3 is 0 Å². The van der Waals surface area contributed by atoms with E-state index >= 15 is 0 Å². The summed E-state index contributed by atoms with van der Waals surface area (Å²) in [6.07, 6.45) is 2.72. The normalized spacial score (nSPS) is 10.2. The Balaban J connectivity index is 1.95. The van der Waals surface area contributed by atoms with Gasteiger partial charge in [-0.3, -0.25) is 4.79 Å². The number of para-hydroxylation sites is 1. The highest BCUT2D eigenvalue weighted by atomic mass is 16.1. The second-order valence-electron chi connectivity index (χ2n) is 4.64. The van der Waals surface area contributed by atoms with Crippen LogP contribution in [-0.4, -0.2) is 15.9 Å². The number of anilines is 3. The van der Waals surface area contributed by atoms with E-state index in [1.165, 1.54) is 12.4 Å². The fraction of sp³-hybridized carbons (Fsp3) is 0. The van der Waals surface area contributed by atoms with Crippen molar-refractivity contribution in [2.75, 3.05) is 10.6 Å². The molecule has 0 spiro atoms. The maximum absolute atomic E-state index is 11.4. The zero-order chi connectivity index (χ0) is 15.4. The summed E-state index contributed by atoms with van der Waals surface area (Å²) in [6.45, 7) is 3.43. The molecular weight excluding hydrogens is 276 g/mol. The van der Waals surface area contributed by atoms with Crippen molar-refractivity contribution < 1.29 is 4.79 Å². The van der Waals surface area contributed by atoms with Crippen molar-refractivity contribution in [2.24, 2.45) is 0 Å². The molecule has 0 aliphatic rings. The number of benzene rings is 2. The Morgan fingerprint density at radius 1 is 1.05 bits per heavy atom. The van der Waals surface area contributed by atoms with Crippen LogP contribution < -0.4 is 10.6 Å².